The van der Waals surface area contributed by atoms with E-state index in [0.717, 1.165) is 16.8 Å². The first-order valence-electron chi connectivity index (χ1n) is 4.68. The zero-order valence-electron chi connectivity index (χ0n) is 10.6. The highest BCUT2D eigenvalue weighted by Crippen LogP contribution is 2.28. The first-order chi connectivity index (χ1) is 8.06. The van der Waals surface area contributed by atoms with Gasteiger partial charge < -0.3 is 9.47 Å². The summed E-state index contributed by atoms with van der Waals surface area (Å²) in [7, 11) is 2.55. The second-order valence-electron chi connectivity index (χ2n) is 3.00. The van der Waals surface area contributed by atoms with Gasteiger partial charge in [0.2, 0.25) is 0 Å². The van der Waals surface area contributed by atoms with Gasteiger partial charge >= 0.3 is 11.9 Å². The topological polar surface area (TPSA) is 78.4 Å². The van der Waals surface area contributed by atoms with E-state index >= 15 is 0 Å². The number of aromatic nitrogens is 2. The molecular weight excluding hydrogens is 276 g/mol. The van der Waals surface area contributed by atoms with Crippen LogP contribution in [0, 0.1) is 14.4 Å². The molecule has 0 aliphatic heterocycles. The monoisotopic (exact) mass is 291 g/mol. The summed E-state index contributed by atoms with van der Waals surface area (Å²) in [6, 6.07) is 0. The number of rotatable bonds is 5. The molecule has 1 atom stereocenters. The van der Waals surface area contributed by atoms with Crippen LogP contribution in [0.3, 0.4) is 0 Å². The van der Waals surface area contributed by atoms with Gasteiger partial charge in [-0.25, -0.2) is 0 Å². The molecule has 6 nitrogen and oxygen atoms in total. The zero-order chi connectivity index (χ0) is 12.8. The fourth-order valence-electron chi connectivity index (χ4n) is 0.987. The highest BCUT2D eigenvalue weighted by molar-refractivity contribution is 8.02. The number of methoxy groups -OCH3 is 2. The number of ether oxygens (including phenoxy) is 2. The van der Waals surface area contributed by atoms with Crippen molar-refractivity contribution in [3.05, 3.63) is 12.4 Å². The number of aryl methyl sites for hydroxylation is 1. The van der Waals surface area contributed by atoms with Crippen molar-refractivity contribution in [2.45, 2.75) is 22.9 Å². The van der Waals surface area contributed by atoms with Crippen molar-refractivity contribution >= 4 is 35.0 Å². The van der Waals surface area contributed by atoms with Crippen molar-refractivity contribution in [1.29, 1.82) is 0 Å². The number of hydrogen-bond donors (Lipinski definition) is 0. The van der Waals surface area contributed by atoms with Crippen LogP contribution < -0.4 is 0 Å². The van der Waals surface area contributed by atoms with Crippen molar-refractivity contribution in [1.82, 2.24) is 10.2 Å². The first-order valence-corrected chi connectivity index (χ1v) is 6.37. The minimum Gasteiger partial charge on any atom is -0.469 e. The van der Waals surface area contributed by atoms with Gasteiger partial charge in [-0.2, -0.15) is 0 Å². The first kappa shape index (κ1) is 16.7. The van der Waals surface area contributed by atoms with Crippen LogP contribution in [-0.2, 0) is 19.1 Å². The molecule has 1 unspecified atom stereocenters. The van der Waals surface area contributed by atoms with E-state index < -0.39 is 17.2 Å². The van der Waals surface area contributed by atoms with Crippen LogP contribution in [0.4, 0.5) is 0 Å². The fourth-order valence-corrected chi connectivity index (χ4v) is 3.05. The van der Waals surface area contributed by atoms with E-state index in [1.54, 1.807) is 0 Å². The molecule has 0 saturated heterocycles. The van der Waals surface area contributed by atoms with Crippen molar-refractivity contribution in [3.63, 3.8) is 0 Å². The van der Waals surface area contributed by atoms with E-state index in [2.05, 4.69) is 19.7 Å². The number of carbonyl (C=O) groups is 2. The molecule has 1 aromatic rings. The van der Waals surface area contributed by atoms with Gasteiger partial charge in [-0.05, 0) is 6.92 Å². The highest BCUT2D eigenvalue weighted by atomic mass is 32.2. The Hall–Kier alpha value is -1.28. The minimum absolute atomic E-state index is 0. The standard InChI is InChI=1S/C9H12N2O4S2.CH3/c1-5-10-11-9(16-5)17-6(8(13)15-3)4-7(12)14-2;/h6H,4H2,1-3H3;1H3/q;+1. The van der Waals surface area contributed by atoms with Crippen LogP contribution in [0.15, 0.2) is 4.34 Å². The third kappa shape index (κ3) is 4.92. The zero-order valence-corrected chi connectivity index (χ0v) is 12.3. The summed E-state index contributed by atoms with van der Waals surface area (Å²) in [5.41, 5.74) is 0. The average Bonchev–Trinajstić information content (AvgIpc) is 2.72. The Balaban J connectivity index is 0.00000289. The lowest BCUT2D eigenvalue weighted by Crippen LogP contribution is -2.22. The average molecular weight is 291 g/mol. The van der Waals surface area contributed by atoms with E-state index in [1.165, 1.54) is 25.6 Å². The molecule has 0 fully saturated rings. The lowest BCUT2D eigenvalue weighted by Gasteiger charge is -2.10. The predicted octanol–water partition coefficient (Wildman–Crippen LogP) is 1.49. The molecule has 8 heteroatoms. The Bertz CT molecular complexity index is 408. The summed E-state index contributed by atoms with van der Waals surface area (Å²) in [6.07, 6.45) is -0.0491. The molecule has 0 aliphatic carbocycles. The third-order valence-corrected chi connectivity index (χ3v) is 3.89. The number of esters is 2. The maximum absolute atomic E-state index is 11.5. The number of nitrogens with zero attached hydrogens (tertiary/aromatic N) is 2. The van der Waals surface area contributed by atoms with Gasteiger partial charge in [0.25, 0.3) is 0 Å². The maximum Gasteiger partial charge on any atom is 0.319 e. The van der Waals surface area contributed by atoms with E-state index in [4.69, 9.17) is 0 Å². The van der Waals surface area contributed by atoms with Gasteiger partial charge in [0.1, 0.15) is 10.3 Å². The maximum atomic E-state index is 11.5. The van der Waals surface area contributed by atoms with Crippen molar-refractivity contribution < 1.29 is 19.1 Å². The second-order valence-corrected chi connectivity index (χ2v) is 5.63. The Morgan fingerprint density at radius 3 is 2.44 bits per heavy atom. The summed E-state index contributed by atoms with van der Waals surface area (Å²) < 4.78 is 9.78. The van der Waals surface area contributed by atoms with Crippen LogP contribution in [0.1, 0.15) is 11.4 Å². The van der Waals surface area contributed by atoms with Crippen molar-refractivity contribution in [3.8, 4) is 0 Å². The summed E-state index contributed by atoms with van der Waals surface area (Å²) in [6.45, 7) is 1.81. The molecule has 0 spiro atoms. The molecule has 0 aromatic carbocycles. The third-order valence-electron chi connectivity index (χ3n) is 1.79. The van der Waals surface area contributed by atoms with Crippen molar-refractivity contribution in [2.24, 2.45) is 0 Å². The van der Waals surface area contributed by atoms with Gasteiger partial charge in [0.05, 0.1) is 20.6 Å². The molecule has 1 heterocycles. The number of carbonyl (C=O) groups excluding carboxylic acids is 2. The fraction of sp³-hybridized carbons (Fsp3) is 0.500. The molecule has 0 aliphatic rings. The molecule has 0 radical (unpaired) electrons. The van der Waals surface area contributed by atoms with Crippen LogP contribution in [-0.4, -0.2) is 41.6 Å². The Kier molecular flexibility index (Phi) is 7.37. The van der Waals surface area contributed by atoms with Gasteiger partial charge in [-0.1, -0.05) is 23.1 Å². The van der Waals surface area contributed by atoms with Crippen LogP contribution in [0.5, 0.6) is 0 Å². The quantitative estimate of drug-likeness (QED) is 0.462. The van der Waals surface area contributed by atoms with Gasteiger partial charge in [-0.15, -0.1) is 10.2 Å². The molecule has 1 aromatic heterocycles. The summed E-state index contributed by atoms with van der Waals surface area (Å²) >= 11 is 2.51. The summed E-state index contributed by atoms with van der Waals surface area (Å²) in [4.78, 5) is 22.6. The van der Waals surface area contributed by atoms with Crippen LogP contribution >= 0.6 is 23.1 Å². The molecular formula is C10H15N2O4S2+. The molecule has 0 saturated carbocycles. The van der Waals surface area contributed by atoms with Crippen LogP contribution in [0.2, 0.25) is 0 Å². The predicted molar refractivity (Wildman–Crippen MR) is 69.4 cm³/mol. The summed E-state index contributed by atoms with van der Waals surface area (Å²) in [5, 5.41) is 7.86. The Labute approximate surface area is 114 Å². The normalized spacial score (nSPS) is 11.3. The molecule has 0 bridgehead atoms. The van der Waals surface area contributed by atoms with E-state index in [-0.39, 0.29) is 13.8 Å². The van der Waals surface area contributed by atoms with E-state index in [9.17, 15) is 9.59 Å². The Morgan fingerprint density at radius 2 is 2.00 bits per heavy atom. The van der Waals surface area contributed by atoms with Crippen LogP contribution in [0.25, 0.3) is 0 Å². The smallest absolute Gasteiger partial charge is 0.319 e. The lowest BCUT2D eigenvalue weighted by molar-refractivity contribution is -0.146. The molecule has 100 valence electrons. The molecule has 18 heavy (non-hydrogen) atoms. The second kappa shape index (κ2) is 7.93. The Morgan fingerprint density at radius 1 is 1.33 bits per heavy atom. The molecule has 0 N–H and O–H groups in total. The van der Waals surface area contributed by atoms with Gasteiger partial charge in [0, 0.05) is 7.43 Å². The van der Waals surface area contributed by atoms with Gasteiger partial charge in [0.15, 0.2) is 4.34 Å². The molecule has 1 rings (SSSR count). The lowest BCUT2D eigenvalue weighted by atomic mass is 10.3. The SMILES string of the molecule is COC(=O)CC(Sc1nnc(C)s1)C(=O)OC.[CH3+]. The molecule has 0 amide bonds. The summed E-state index contributed by atoms with van der Waals surface area (Å²) in [5.74, 6) is -0.942. The van der Waals surface area contributed by atoms with Gasteiger partial charge in [-0.3, -0.25) is 9.59 Å². The van der Waals surface area contributed by atoms with Crippen molar-refractivity contribution in [2.75, 3.05) is 14.2 Å². The largest absolute Gasteiger partial charge is 0.469 e. The minimum atomic E-state index is -0.653. The highest BCUT2D eigenvalue weighted by Gasteiger charge is 2.25. The number of thioether (sulfide) groups is 1. The van der Waals surface area contributed by atoms with E-state index in [1.807, 2.05) is 6.92 Å². The number of hydrogen-bond acceptors (Lipinski definition) is 8. The van der Waals surface area contributed by atoms with E-state index in [0.29, 0.717) is 4.34 Å².